The monoisotopic (exact) mass is 435 g/mol. The number of para-hydroxylation sites is 1. The number of nitrogens with zero attached hydrogens (tertiary/aromatic N) is 2. The second-order valence-electron chi connectivity index (χ2n) is 7.17. The topological polar surface area (TPSA) is 80.1 Å². The Morgan fingerprint density at radius 1 is 0.667 bits per heavy atom. The quantitative estimate of drug-likeness (QED) is 0.208. The SMILES string of the molecule is O=NCC(=NNC(=O)c1ccc(-c2ccccc2)cc1)c1ccc(Oc2ccccc2)cc1. The number of carbonyl (C=O) groups is 1. The van der Waals surface area contributed by atoms with Gasteiger partial charge in [0.25, 0.3) is 5.91 Å². The third-order valence-electron chi connectivity index (χ3n) is 4.93. The minimum atomic E-state index is -0.373. The first-order chi connectivity index (χ1) is 16.2. The lowest BCUT2D eigenvalue weighted by Crippen LogP contribution is -2.21. The Morgan fingerprint density at radius 3 is 1.85 bits per heavy atom. The van der Waals surface area contributed by atoms with Gasteiger partial charge < -0.3 is 4.74 Å². The van der Waals surface area contributed by atoms with Gasteiger partial charge in [-0.1, -0.05) is 65.8 Å². The van der Waals surface area contributed by atoms with Crippen LogP contribution in [-0.2, 0) is 0 Å². The van der Waals surface area contributed by atoms with Crippen molar-refractivity contribution in [1.82, 2.24) is 5.43 Å². The summed E-state index contributed by atoms with van der Waals surface area (Å²) in [5.41, 5.74) is 6.07. The van der Waals surface area contributed by atoms with Gasteiger partial charge in [-0.05, 0) is 59.7 Å². The van der Waals surface area contributed by atoms with Crippen LogP contribution in [0.3, 0.4) is 0 Å². The van der Waals surface area contributed by atoms with Crippen molar-refractivity contribution in [2.24, 2.45) is 10.3 Å². The highest BCUT2D eigenvalue weighted by Gasteiger charge is 2.09. The van der Waals surface area contributed by atoms with Crippen LogP contribution in [0.25, 0.3) is 11.1 Å². The summed E-state index contributed by atoms with van der Waals surface area (Å²) in [4.78, 5) is 23.5. The van der Waals surface area contributed by atoms with E-state index in [1.165, 1.54) is 0 Å². The number of nitrogens with one attached hydrogen (secondary N) is 1. The molecule has 162 valence electrons. The summed E-state index contributed by atoms with van der Waals surface area (Å²) in [5, 5.41) is 7.07. The lowest BCUT2D eigenvalue weighted by atomic mass is 10.0. The molecule has 1 amide bonds. The maximum Gasteiger partial charge on any atom is 0.271 e. The van der Waals surface area contributed by atoms with Gasteiger partial charge in [0.05, 0.1) is 5.71 Å². The predicted molar refractivity (Wildman–Crippen MR) is 130 cm³/mol. The molecule has 4 rings (SSSR count). The Morgan fingerprint density at radius 2 is 1.21 bits per heavy atom. The number of carbonyl (C=O) groups excluding carboxylic acids is 1. The smallest absolute Gasteiger partial charge is 0.271 e. The first-order valence-electron chi connectivity index (χ1n) is 10.4. The molecule has 0 fully saturated rings. The van der Waals surface area contributed by atoms with E-state index < -0.39 is 0 Å². The van der Waals surface area contributed by atoms with Crippen LogP contribution in [0.1, 0.15) is 15.9 Å². The number of ether oxygens (including phenoxy) is 1. The van der Waals surface area contributed by atoms with Crippen molar-refractivity contribution in [2.75, 3.05) is 6.54 Å². The van der Waals surface area contributed by atoms with Crippen LogP contribution >= 0.6 is 0 Å². The van der Waals surface area contributed by atoms with Gasteiger partial charge in [-0.15, -0.1) is 0 Å². The molecular weight excluding hydrogens is 414 g/mol. The fourth-order valence-electron chi connectivity index (χ4n) is 3.22. The summed E-state index contributed by atoms with van der Waals surface area (Å²) in [6.45, 7) is -0.174. The van der Waals surface area contributed by atoms with Crippen LogP contribution in [-0.4, -0.2) is 18.2 Å². The van der Waals surface area contributed by atoms with Crippen molar-refractivity contribution in [3.05, 3.63) is 125 Å². The van der Waals surface area contributed by atoms with E-state index in [1.807, 2.05) is 72.8 Å². The van der Waals surface area contributed by atoms with E-state index in [0.29, 0.717) is 22.6 Å². The van der Waals surface area contributed by atoms with Gasteiger partial charge in [-0.25, -0.2) is 5.43 Å². The van der Waals surface area contributed by atoms with E-state index in [-0.39, 0.29) is 12.5 Å². The molecular formula is C27H21N3O3. The van der Waals surface area contributed by atoms with Crippen molar-refractivity contribution in [2.45, 2.75) is 0 Å². The van der Waals surface area contributed by atoms with Crippen molar-refractivity contribution in [3.63, 3.8) is 0 Å². The van der Waals surface area contributed by atoms with E-state index in [2.05, 4.69) is 15.7 Å². The van der Waals surface area contributed by atoms with Crippen molar-refractivity contribution in [3.8, 4) is 22.6 Å². The number of nitroso groups, excluding NO2 is 1. The average Bonchev–Trinajstić information content (AvgIpc) is 2.88. The predicted octanol–water partition coefficient (Wildman–Crippen LogP) is 6.05. The number of hydrogen-bond donors (Lipinski definition) is 1. The highest BCUT2D eigenvalue weighted by atomic mass is 16.5. The van der Waals surface area contributed by atoms with Crippen LogP contribution < -0.4 is 10.2 Å². The standard InChI is InChI=1S/C27H21N3O3/c31-27(23-13-11-21(12-14-23)20-7-3-1-4-8-20)30-29-26(19-28-32)22-15-17-25(18-16-22)33-24-9-5-2-6-10-24/h1-18H,19H2,(H,30,31). The molecule has 0 unspecified atom stereocenters. The minimum absolute atomic E-state index is 0.174. The molecule has 0 heterocycles. The average molecular weight is 435 g/mol. The molecule has 33 heavy (non-hydrogen) atoms. The Kier molecular flexibility index (Phi) is 6.98. The molecule has 6 nitrogen and oxygen atoms in total. The van der Waals surface area contributed by atoms with E-state index in [1.54, 1.807) is 36.4 Å². The molecule has 0 aliphatic carbocycles. The Balaban J connectivity index is 1.44. The zero-order chi connectivity index (χ0) is 22.9. The van der Waals surface area contributed by atoms with Crippen LogP contribution in [0.5, 0.6) is 11.5 Å². The first-order valence-corrected chi connectivity index (χ1v) is 10.4. The summed E-state index contributed by atoms with van der Waals surface area (Å²) >= 11 is 0. The molecule has 0 radical (unpaired) electrons. The number of benzene rings is 4. The van der Waals surface area contributed by atoms with Gasteiger partial charge in [0.2, 0.25) is 0 Å². The summed E-state index contributed by atoms with van der Waals surface area (Å²) in [5.74, 6) is 0.993. The zero-order valence-corrected chi connectivity index (χ0v) is 17.7. The molecule has 0 bridgehead atoms. The first kappa shape index (κ1) is 21.6. The molecule has 4 aromatic rings. The van der Waals surface area contributed by atoms with Crippen molar-refractivity contribution >= 4 is 11.6 Å². The van der Waals surface area contributed by atoms with E-state index in [0.717, 1.165) is 16.9 Å². The van der Waals surface area contributed by atoms with Gasteiger partial charge in [-0.3, -0.25) is 4.79 Å². The second-order valence-corrected chi connectivity index (χ2v) is 7.17. The summed E-state index contributed by atoms with van der Waals surface area (Å²) in [6, 6.07) is 33.6. The van der Waals surface area contributed by atoms with Crippen LogP contribution in [0.2, 0.25) is 0 Å². The highest BCUT2D eigenvalue weighted by Crippen LogP contribution is 2.22. The van der Waals surface area contributed by atoms with E-state index in [9.17, 15) is 9.70 Å². The maximum atomic E-state index is 12.5. The van der Waals surface area contributed by atoms with Crippen LogP contribution in [0.4, 0.5) is 0 Å². The van der Waals surface area contributed by atoms with E-state index in [4.69, 9.17) is 4.74 Å². The van der Waals surface area contributed by atoms with Crippen molar-refractivity contribution in [1.29, 1.82) is 0 Å². The third-order valence-corrected chi connectivity index (χ3v) is 4.93. The Labute approximate surface area is 191 Å². The van der Waals surface area contributed by atoms with Gasteiger partial charge in [0.15, 0.2) is 0 Å². The molecule has 0 aliphatic heterocycles. The lowest BCUT2D eigenvalue weighted by Gasteiger charge is -2.08. The van der Waals surface area contributed by atoms with Gasteiger partial charge in [0.1, 0.15) is 18.0 Å². The highest BCUT2D eigenvalue weighted by molar-refractivity contribution is 6.03. The molecule has 1 N–H and O–H groups in total. The molecule has 0 spiro atoms. The minimum Gasteiger partial charge on any atom is -0.457 e. The van der Waals surface area contributed by atoms with Gasteiger partial charge in [-0.2, -0.15) is 10.0 Å². The molecule has 6 heteroatoms. The largest absolute Gasteiger partial charge is 0.457 e. The summed E-state index contributed by atoms with van der Waals surface area (Å²) in [7, 11) is 0. The second kappa shape index (κ2) is 10.6. The molecule has 0 aliphatic rings. The molecule has 0 saturated carbocycles. The van der Waals surface area contributed by atoms with Crippen LogP contribution in [0, 0.1) is 4.91 Å². The number of hydrogen-bond acceptors (Lipinski definition) is 5. The third kappa shape index (κ3) is 5.77. The maximum absolute atomic E-state index is 12.5. The van der Waals surface area contributed by atoms with Gasteiger partial charge >= 0.3 is 0 Å². The van der Waals surface area contributed by atoms with E-state index >= 15 is 0 Å². The number of amides is 1. The fraction of sp³-hybridized carbons (Fsp3) is 0.0370. The fourth-order valence-corrected chi connectivity index (χ4v) is 3.22. The van der Waals surface area contributed by atoms with Crippen molar-refractivity contribution < 1.29 is 9.53 Å². The molecule has 0 atom stereocenters. The molecule has 0 aromatic heterocycles. The Hall–Kier alpha value is -4.58. The molecule has 4 aromatic carbocycles. The normalized spacial score (nSPS) is 11.0. The zero-order valence-electron chi connectivity index (χ0n) is 17.7. The Bertz CT molecular complexity index is 1240. The van der Waals surface area contributed by atoms with Crippen LogP contribution in [0.15, 0.2) is 119 Å². The van der Waals surface area contributed by atoms with Gasteiger partial charge in [0, 0.05) is 11.1 Å². The number of rotatable bonds is 8. The lowest BCUT2D eigenvalue weighted by molar-refractivity contribution is 0.0955. The summed E-state index contributed by atoms with van der Waals surface area (Å²) < 4.78 is 5.78. The number of hydrazone groups is 1. The molecule has 0 saturated heterocycles. The summed E-state index contributed by atoms with van der Waals surface area (Å²) in [6.07, 6.45) is 0.